The van der Waals surface area contributed by atoms with Gasteiger partial charge >= 0.3 is 0 Å². The summed E-state index contributed by atoms with van der Waals surface area (Å²) in [6, 6.07) is 8.54. The Labute approximate surface area is 113 Å². The van der Waals surface area contributed by atoms with Crippen LogP contribution in [0, 0.1) is 5.92 Å². The topological polar surface area (TPSA) is 9.23 Å². The van der Waals surface area contributed by atoms with Gasteiger partial charge in [-0.05, 0) is 42.7 Å². The van der Waals surface area contributed by atoms with E-state index in [0.29, 0.717) is 16.7 Å². The first kappa shape index (κ1) is 12.9. The molecule has 1 aliphatic rings. The molecule has 1 aliphatic carbocycles. The molecule has 0 bridgehead atoms. The zero-order chi connectivity index (χ0) is 12.3. The number of para-hydroxylation sites is 1. The lowest BCUT2D eigenvalue weighted by Crippen LogP contribution is -2.10. The van der Waals surface area contributed by atoms with E-state index in [2.05, 4.69) is 54.0 Å². The van der Waals surface area contributed by atoms with Gasteiger partial charge in [-0.15, -0.1) is 0 Å². The number of alkyl halides is 1. The third-order valence-corrected chi connectivity index (χ3v) is 5.03. The van der Waals surface area contributed by atoms with E-state index in [4.69, 9.17) is 4.74 Å². The van der Waals surface area contributed by atoms with Crippen molar-refractivity contribution in [3.63, 3.8) is 0 Å². The highest BCUT2D eigenvalue weighted by molar-refractivity contribution is 9.09. The van der Waals surface area contributed by atoms with Crippen molar-refractivity contribution in [1.29, 1.82) is 0 Å². The van der Waals surface area contributed by atoms with Gasteiger partial charge < -0.3 is 4.74 Å². The smallest absolute Gasteiger partial charge is 0.122 e. The van der Waals surface area contributed by atoms with Crippen molar-refractivity contribution in [3.05, 3.63) is 29.8 Å². The summed E-state index contributed by atoms with van der Waals surface area (Å²) >= 11 is 3.78. The summed E-state index contributed by atoms with van der Waals surface area (Å²) in [5, 5.41) is 0. The second-order valence-corrected chi connectivity index (χ2v) is 6.12. The van der Waals surface area contributed by atoms with Crippen molar-refractivity contribution in [3.8, 4) is 5.75 Å². The van der Waals surface area contributed by atoms with E-state index < -0.39 is 0 Å². The molecule has 1 fully saturated rings. The fourth-order valence-corrected chi connectivity index (χ4v) is 3.32. The Morgan fingerprint density at radius 3 is 2.71 bits per heavy atom. The van der Waals surface area contributed by atoms with E-state index in [1.165, 1.54) is 18.4 Å². The van der Waals surface area contributed by atoms with Gasteiger partial charge in [0.15, 0.2) is 0 Å². The molecule has 2 rings (SSSR count). The first-order valence-corrected chi connectivity index (χ1v) is 7.51. The maximum absolute atomic E-state index is 5.87. The van der Waals surface area contributed by atoms with E-state index in [1.54, 1.807) is 0 Å². The lowest BCUT2D eigenvalue weighted by Gasteiger charge is -2.20. The van der Waals surface area contributed by atoms with E-state index in [-0.39, 0.29) is 0 Å². The van der Waals surface area contributed by atoms with Crippen molar-refractivity contribution >= 4 is 15.9 Å². The largest absolute Gasteiger partial charge is 0.493 e. The van der Waals surface area contributed by atoms with E-state index in [0.717, 1.165) is 18.8 Å². The van der Waals surface area contributed by atoms with Gasteiger partial charge in [0.25, 0.3) is 0 Å². The Morgan fingerprint density at radius 1 is 1.29 bits per heavy atom. The summed E-state index contributed by atoms with van der Waals surface area (Å²) in [7, 11) is 0. The SMILES string of the molecule is CCCOc1ccccc1C1CCC(Br)C1C. The summed E-state index contributed by atoms with van der Waals surface area (Å²) < 4.78 is 5.87. The fourth-order valence-electron chi connectivity index (χ4n) is 2.69. The number of rotatable bonds is 4. The summed E-state index contributed by atoms with van der Waals surface area (Å²) in [6.45, 7) is 5.30. The molecule has 0 heterocycles. The minimum atomic E-state index is 0.646. The Balaban J connectivity index is 2.19. The fraction of sp³-hybridized carbons (Fsp3) is 0.600. The molecular formula is C15H21BrO. The molecule has 94 valence electrons. The Bertz CT molecular complexity index is 364. The predicted molar refractivity (Wildman–Crippen MR) is 76.1 cm³/mol. The molecule has 0 amide bonds. The molecule has 3 unspecified atom stereocenters. The van der Waals surface area contributed by atoms with Crippen LogP contribution in [0.15, 0.2) is 24.3 Å². The quantitative estimate of drug-likeness (QED) is 0.729. The van der Waals surface area contributed by atoms with Crippen molar-refractivity contribution in [2.45, 2.75) is 43.9 Å². The van der Waals surface area contributed by atoms with Gasteiger partial charge in [0.2, 0.25) is 0 Å². The van der Waals surface area contributed by atoms with Gasteiger partial charge in [-0.25, -0.2) is 0 Å². The molecule has 1 aromatic carbocycles. The number of ether oxygens (including phenoxy) is 1. The Morgan fingerprint density at radius 2 is 2.06 bits per heavy atom. The van der Waals surface area contributed by atoms with Gasteiger partial charge in [-0.3, -0.25) is 0 Å². The first-order valence-electron chi connectivity index (χ1n) is 6.59. The van der Waals surface area contributed by atoms with Crippen LogP contribution in [0.25, 0.3) is 0 Å². The summed E-state index contributed by atoms with van der Waals surface area (Å²) in [6.07, 6.45) is 3.60. The van der Waals surface area contributed by atoms with Crippen LogP contribution in [0.2, 0.25) is 0 Å². The van der Waals surface area contributed by atoms with Gasteiger partial charge in [-0.1, -0.05) is 48.0 Å². The molecule has 0 radical (unpaired) electrons. The van der Waals surface area contributed by atoms with Crippen LogP contribution >= 0.6 is 15.9 Å². The van der Waals surface area contributed by atoms with E-state index in [1.807, 2.05) is 0 Å². The molecule has 17 heavy (non-hydrogen) atoms. The third-order valence-electron chi connectivity index (χ3n) is 3.74. The van der Waals surface area contributed by atoms with Crippen LogP contribution in [0.5, 0.6) is 5.75 Å². The van der Waals surface area contributed by atoms with Crippen LogP contribution < -0.4 is 4.74 Å². The third kappa shape index (κ3) is 2.85. The number of hydrogen-bond acceptors (Lipinski definition) is 1. The highest BCUT2D eigenvalue weighted by Gasteiger charge is 2.33. The second kappa shape index (κ2) is 5.90. The van der Waals surface area contributed by atoms with Crippen LogP contribution in [0.1, 0.15) is 44.6 Å². The Kier molecular flexibility index (Phi) is 4.49. The van der Waals surface area contributed by atoms with Crippen LogP contribution in [-0.4, -0.2) is 11.4 Å². The monoisotopic (exact) mass is 296 g/mol. The van der Waals surface area contributed by atoms with Gasteiger partial charge in [0.1, 0.15) is 5.75 Å². The molecular weight excluding hydrogens is 276 g/mol. The molecule has 2 heteroatoms. The Hall–Kier alpha value is -0.500. The van der Waals surface area contributed by atoms with Crippen molar-refractivity contribution < 1.29 is 4.74 Å². The molecule has 1 nitrogen and oxygen atoms in total. The van der Waals surface area contributed by atoms with Gasteiger partial charge in [0.05, 0.1) is 6.61 Å². The average molecular weight is 297 g/mol. The van der Waals surface area contributed by atoms with E-state index in [9.17, 15) is 0 Å². The van der Waals surface area contributed by atoms with Gasteiger partial charge in [0, 0.05) is 4.83 Å². The maximum Gasteiger partial charge on any atom is 0.122 e. The van der Waals surface area contributed by atoms with Crippen LogP contribution in [-0.2, 0) is 0 Å². The van der Waals surface area contributed by atoms with E-state index >= 15 is 0 Å². The average Bonchev–Trinajstić information content (AvgIpc) is 2.68. The molecule has 0 aliphatic heterocycles. The second-order valence-electron chi connectivity index (χ2n) is 4.95. The predicted octanol–water partition coefficient (Wildman–Crippen LogP) is 4.75. The zero-order valence-electron chi connectivity index (χ0n) is 10.7. The minimum absolute atomic E-state index is 0.646. The molecule has 3 atom stereocenters. The lowest BCUT2D eigenvalue weighted by molar-refractivity contribution is 0.310. The maximum atomic E-state index is 5.87. The highest BCUT2D eigenvalue weighted by Crippen LogP contribution is 2.45. The number of halogens is 1. The summed E-state index contributed by atoms with van der Waals surface area (Å²) in [5.41, 5.74) is 1.40. The lowest BCUT2D eigenvalue weighted by atomic mass is 9.89. The highest BCUT2D eigenvalue weighted by atomic mass is 79.9. The van der Waals surface area contributed by atoms with Crippen molar-refractivity contribution in [2.24, 2.45) is 5.92 Å². The molecule has 0 saturated heterocycles. The van der Waals surface area contributed by atoms with Crippen molar-refractivity contribution in [2.75, 3.05) is 6.61 Å². The summed E-state index contributed by atoms with van der Waals surface area (Å²) in [4.78, 5) is 0.659. The normalized spacial score (nSPS) is 28.3. The van der Waals surface area contributed by atoms with Crippen LogP contribution in [0.3, 0.4) is 0 Å². The molecule has 0 aromatic heterocycles. The standard InChI is InChI=1S/C15H21BrO/c1-3-10-17-15-7-5-4-6-13(15)12-8-9-14(16)11(12)2/h4-7,11-12,14H,3,8-10H2,1-2H3. The summed E-state index contributed by atoms with van der Waals surface area (Å²) in [5.74, 6) is 2.43. The molecule has 1 aromatic rings. The van der Waals surface area contributed by atoms with Crippen molar-refractivity contribution in [1.82, 2.24) is 0 Å². The molecule has 1 saturated carbocycles. The van der Waals surface area contributed by atoms with Gasteiger partial charge in [-0.2, -0.15) is 0 Å². The van der Waals surface area contributed by atoms with Crippen LogP contribution in [0.4, 0.5) is 0 Å². The molecule has 0 spiro atoms. The number of benzene rings is 1. The zero-order valence-corrected chi connectivity index (χ0v) is 12.2. The molecule has 0 N–H and O–H groups in total. The minimum Gasteiger partial charge on any atom is -0.493 e. The first-order chi connectivity index (χ1) is 8.24. The number of hydrogen-bond donors (Lipinski definition) is 0.